The molecule has 0 rings (SSSR count). The first-order valence-electron chi connectivity index (χ1n) is 11.6. The van der Waals surface area contributed by atoms with Crippen LogP contribution < -0.4 is 0 Å². The van der Waals surface area contributed by atoms with Gasteiger partial charge in [-0.15, -0.1) is 0 Å². The number of likely N-dealkylation sites (N-methyl/N-ethyl adjacent to an activating group) is 1. The monoisotopic (exact) mass is 403 g/mol. The van der Waals surface area contributed by atoms with E-state index in [-0.39, 0.29) is 0 Å². The molecule has 0 aliphatic heterocycles. The number of quaternary nitrogens is 1. The number of unbranched alkanes of at least 4 members (excludes halogenated alkanes) is 9. The van der Waals surface area contributed by atoms with Crippen LogP contribution in [-0.4, -0.2) is 35.4 Å². The molecule has 161 valence electrons. The van der Waals surface area contributed by atoms with E-state index in [2.05, 4.69) is 72.8 Å². The molecule has 0 aliphatic rings. The Labute approximate surface area is 181 Å². The van der Waals surface area contributed by atoms with Crippen molar-refractivity contribution in [2.24, 2.45) is 0 Å². The number of nitrogens with zero attached hydrogens (tertiary/aromatic N) is 1. The maximum absolute atomic E-state index is 3.94. The molecule has 0 aromatic heterocycles. The lowest BCUT2D eigenvalue weighted by Crippen LogP contribution is -2.41. The maximum Gasteiger partial charge on any atom is 0.138 e. The fourth-order valence-corrected chi connectivity index (χ4v) is 4.49. The van der Waals surface area contributed by atoms with Crippen LogP contribution in [0.4, 0.5) is 0 Å². The molecule has 0 unspecified atom stereocenters. The number of hydrogen-bond donors (Lipinski definition) is 0. The third-order valence-corrected chi connectivity index (χ3v) is 6.39. The van der Waals surface area contributed by atoms with Gasteiger partial charge >= 0.3 is 0 Å². The summed E-state index contributed by atoms with van der Waals surface area (Å²) >= 11 is 0. The Morgan fingerprint density at radius 1 is 0.607 bits per heavy atom. The van der Waals surface area contributed by atoms with E-state index in [4.69, 9.17) is 0 Å². The van der Waals surface area contributed by atoms with Crippen molar-refractivity contribution >= 4 is 10.2 Å². The van der Waals surface area contributed by atoms with Crippen molar-refractivity contribution in [2.45, 2.75) is 113 Å². The molecule has 0 heterocycles. The molecule has 0 aromatic rings. The lowest BCUT2D eigenvalue weighted by atomic mass is 9.98. The van der Waals surface area contributed by atoms with Gasteiger partial charge in [-0.3, -0.25) is 4.48 Å². The Balaban J connectivity index is 4.74. The van der Waals surface area contributed by atoms with Gasteiger partial charge in [-0.25, -0.2) is 0 Å². The van der Waals surface area contributed by atoms with Crippen molar-refractivity contribution in [1.29, 1.82) is 0 Å². The summed E-state index contributed by atoms with van der Waals surface area (Å²) in [5.41, 5.74) is 7.02. The molecular formula is C26H49NSi+. The molecule has 0 saturated heterocycles. The molecule has 0 N–H and O–H groups in total. The van der Waals surface area contributed by atoms with Gasteiger partial charge in [-0.2, -0.15) is 0 Å². The Kier molecular flexibility index (Phi) is 14.1. The van der Waals surface area contributed by atoms with Gasteiger partial charge in [0, 0.05) is 5.57 Å². The highest BCUT2D eigenvalue weighted by Crippen LogP contribution is 2.32. The Morgan fingerprint density at radius 2 is 1.04 bits per heavy atom. The zero-order valence-electron chi connectivity index (χ0n) is 20.7. The average molecular weight is 404 g/mol. The third kappa shape index (κ3) is 10.3. The van der Waals surface area contributed by atoms with Crippen LogP contribution in [0.3, 0.4) is 0 Å². The van der Waals surface area contributed by atoms with Crippen molar-refractivity contribution in [3.05, 3.63) is 33.2 Å². The van der Waals surface area contributed by atoms with Gasteiger partial charge in [0.1, 0.15) is 5.70 Å². The third-order valence-electron chi connectivity index (χ3n) is 5.64. The van der Waals surface area contributed by atoms with E-state index < -0.39 is 0 Å². The quantitative estimate of drug-likeness (QED) is 0.119. The smallest absolute Gasteiger partial charge is 0.138 e. The predicted molar refractivity (Wildman–Crippen MR) is 130 cm³/mol. The summed E-state index contributed by atoms with van der Waals surface area (Å²) in [5, 5.41) is 1.26. The molecule has 2 heteroatoms. The Bertz CT molecular complexity index is 537. The number of rotatable bonds is 14. The standard InChI is InChI=1S/C26H49NSi/c1-10-11-12-13-14-15-16-17-18-19-20-27(8,9)25(22(4)5)24(21(2)3)26(28)23(6)7/h10-20H2,1-9H3/q+1. The van der Waals surface area contributed by atoms with Crippen LogP contribution in [0.2, 0.25) is 0 Å². The van der Waals surface area contributed by atoms with E-state index in [0.29, 0.717) is 0 Å². The second-order valence-electron chi connectivity index (χ2n) is 9.69. The molecule has 0 aliphatic carbocycles. The normalized spacial score (nSPS) is 11.4. The highest BCUT2D eigenvalue weighted by Gasteiger charge is 2.28. The van der Waals surface area contributed by atoms with Crippen LogP contribution in [0.5, 0.6) is 0 Å². The van der Waals surface area contributed by atoms with Crippen LogP contribution in [0.15, 0.2) is 33.2 Å². The van der Waals surface area contributed by atoms with Crippen molar-refractivity contribution in [3.63, 3.8) is 0 Å². The number of hydrogen-bond acceptors (Lipinski definition) is 0. The van der Waals surface area contributed by atoms with Gasteiger partial charge in [0.05, 0.1) is 30.9 Å². The van der Waals surface area contributed by atoms with Gasteiger partial charge in [0.15, 0.2) is 0 Å². The minimum Gasteiger partial charge on any atom is -0.296 e. The molecule has 28 heavy (non-hydrogen) atoms. The van der Waals surface area contributed by atoms with Crippen molar-refractivity contribution in [1.82, 2.24) is 0 Å². The van der Waals surface area contributed by atoms with Crippen LogP contribution in [0.25, 0.3) is 0 Å². The second kappa shape index (κ2) is 14.4. The summed E-state index contributed by atoms with van der Waals surface area (Å²) in [5.74, 6) is 0. The van der Waals surface area contributed by atoms with E-state index in [1.54, 1.807) is 0 Å². The SMILES string of the molecule is CCCCCCCCCCCC[N+](C)(C)C(=C(C)C)C(=C(C)C)C([Si])=C(C)C. The van der Waals surface area contributed by atoms with Gasteiger partial charge in [-0.1, -0.05) is 74.6 Å². The number of allylic oxidation sites excluding steroid dienone is 4. The fraction of sp³-hybridized carbons (Fsp3) is 0.769. The molecule has 0 aromatic carbocycles. The lowest BCUT2D eigenvalue weighted by molar-refractivity contribution is -0.850. The van der Waals surface area contributed by atoms with Gasteiger partial charge in [-0.05, 0) is 60.0 Å². The minimum atomic E-state index is 0.959. The minimum absolute atomic E-state index is 0.959. The highest BCUT2D eigenvalue weighted by molar-refractivity contribution is 6.25. The summed E-state index contributed by atoms with van der Waals surface area (Å²) in [7, 11) is 8.70. The summed E-state index contributed by atoms with van der Waals surface area (Å²) in [6, 6.07) is 0. The van der Waals surface area contributed by atoms with E-state index in [1.165, 1.54) is 104 Å². The first-order chi connectivity index (χ1) is 13.1. The van der Waals surface area contributed by atoms with Gasteiger partial charge in [0.25, 0.3) is 0 Å². The van der Waals surface area contributed by atoms with E-state index in [9.17, 15) is 0 Å². The van der Waals surface area contributed by atoms with Crippen molar-refractivity contribution in [3.8, 4) is 0 Å². The maximum atomic E-state index is 3.94. The summed E-state index contributed by atoms with van der Waals surface area (Å²) < 4.78 is 0.959. The fourth-order valence-electron chi connectivity index (χ4n) is 4.12. The van der Waals surface area contributed by atoms with Crippen LogP contribution in [-0.2, 0) is 0 Å². The topological polar surface area (TPSA) is 0 Å². The Hall–Kier alpha value is -0.603. The highest BCUT2D eigenvalue weighted by atomic mass is 28.1. The summed E-state index contributed by atoms with van der Waals surface area (Å²) in [6.45, 7) is 16.9. The molecule has 1 nitrogen and oxygen atoms in total. The van der Waals surface area contributed by atoms with E-state index in [1.807, 2.05) is 0 Å². The van der Waals surface area contributed by atoms with E-state index >= 15 is 0 Å². The molecule has 0 bridgehead atoms. The molecule has 0 saturated carbocycles. The summed E-state index contributed by atoms with van der Waals surface area (Å²) in [4.78, 5) is 0. The van der Waals surface area contributed by atoms with Crippen LogP contribution in [0, 0.1) is 0 Å². The molecule has 0 spiro atoms. The second-order valence-corrected chi connectivity index (χ2v) is 10.2. The molecular weight excluding hydrogens is 354 g/mol. The Morgan fingerprint density at radius 3 is 1.39 bits per heavy atom. The zero-order chi connectivity index (χ0) is 21.7. The first-order valence-corrected chi connectivity index (χ1v) is 12.1. The lowest BCUT2D eigenvalue weighted by Gasteiger charge is -2.35. The molecule has 3 radical (unpaired) electrons. The molecule has 0 amide bonds. The van der Waals surface area contributed by atoms with Crippen molar-refractivity contribution < 1.29 is 4.48 Å². The van der Waals surface area contributed by atoms with Crippen molar-refractivity contribution in [2.75, 3.05) is 20.6 Å². The van der Waals surface area contributed by atoms with E-state index in [0.717, 1.165) is 4.48 Å². The largest absolute Gasteiger partial charge is 0.296 e. The zero-order valence-corrected chi connectivity index (χ0v) is 21.7. The van der Waals surface area contributed by atoms with Gasteiger partial charge < -0.3 is 0 Å². The molecule has 0 atom stereocenters. The van der Waals surface area contributed by atoms with Crippen LogP contribution >= 0.6 is 0 Å². The first kappa shape index (κ1) is 27.4. The summed E-state index contributed by atoms with van der Waals surface area (Å²) in [6.07, 6.45) is 14.0. The molecule has 0 fully saturated rings. The van der Waals surface area contributed by atoms with Crippen LogP contribution in [0.1, 0.15) is 113 Å². The van der Waals surface area contributed by atoms with Gasteiger partial charge in [0.2, 0.25) is 0 Å². The predicted octanol–water partition coefficient (Wildman–Crippen LogP) is 8.08. The average Bonchev–Trinajstić information content (AvgIpc) is 2.59.